The Morgan fingerprint density at radius 1 is 1.17 bits per heavy atom. The molecule has 90 valence electrons. The maximum Gasteiger partial charge on any atom is 0.133 e. The van der Waals surface area contributed by atoms with E-state index in [2.05, 4.69) is 4.98 Å². The number of thiazole rings is 1. The lowest BCUT2D eigenvalue weighted by molar-refractivity contribution is 0.631. The van der Waals surface area contributed by atoms with Crippen LogP contribution in [0.25, 0.3) is 20.8 Å². The van der Waals surface area contributed by atoms with Crippen LogP contribution in [0.1, 0.15) is 5.56 Å². The molecule has 0 bridgehead atoms. The first kappa shape index (κ1) is 11.2. The van der Waals surface area contributed by atoms with Crippen LogP contribution < -0.4 is 5.73 Å². The van der Waals surface area contributed by atoms with Crippen LogP contribution >= 0.6 is 11.3 Å². The van der Waals surface area contributed by atoms with Crippen molar-refractivity contribution in [3.05, 3.63) is 47.8 Å². The van der Waals surface area contributed by atoms with Gasteiger partial charge in [0.1, 0.15) is 10.8 Å². The van der Waals surface area contributed by atoms with Gasteiger partial charge in [-0.05, 0) is 37.3 Å². The van der Waals surface area contributed by atoms with Crippen molar-refractivity contribution in [2.24, 2.45) is 0 Å². The van der Waals surface area contributed by atoms with Gasteiger partial charge in [0.05, 0.1) is 10.2 Å². The fourth-order valence-corrected chi connectivity index (χ4v) is 2.89. The number of hydrogen-bond acceptors (Lipinski definition) is 3. The average molecular weight is 258 g/mol. The van der Waals surface area contributed by atoms with Crippen molar-refractivity contribution in [1.82, 2.24) is 4.98 Å². The van der Waals surface area contributed by atoms with Crippen LogP contribution in [0.4, 0.5) is 10.1 Å². The first-order valence-corrected chi connectivity index (χ1v) is 6.38. The second-order valence-electron chi connectivity index (χ2n) is 4.23. The van der Waals surface area contributed by atoms with E-state index < -0.39 is 0 Å². The van der Waals surface area contributed by atoms with E-state index in [1.807, 2.05) is 25.1 Å². The lowest BCUT2D eigenvalue weighted by Crippen LogP contribution is -1.84. The van der Waals surface area contributed by atoms with Crippen LogP contribution in [0.15, 0.2) is 36.4 Å². The largest absolute Gasteiger partial charge is 0.399 e. The number of aromatic nitrogens is 1. The number of aryl methyl sites for hydroxylation is 1. The fraction of sp³-hybridized carbons (Fsp3) is 0.0714. The lowest BCUT2D eigenvalue weighted by atomic mass is 10.1. The zero-order valence-corrected chi connectivity index (χ0v) is 10.6. The summed E-state index contributed by atoms with van der Waals surface area (Å²) in [6.45, 7) is 1.94. The van der Waals surface area contributed by atoms with Crippen molar-refractivity contribution in [1.29, 1.82) is 0 Å². The summed E-state index contributed by atoms with van der Waals surface area (Å²) in [4.78, 5) is 4.45. The van der Waals surface area contributed by atoms with E-state index in [4.69, 9.17) is 5.73 Å². The number of rotatable bonds is 1. The molecule has 0 saturated heterocycles. The van der Waals surface area contributed by atoms with Crippen LogP contribution in [0.5, 0.6) is 0 Å². The molecule has 0 radical (unpaired) electrons. The molecule has 0 unspecified atom stereocenters. The summed E-state index contributed by atoms with van der Waals surface area (Å²) < 4.78 is 14.8. The Morgan fingerprint density at radius 3 is 2.83 bits per heavy atom. The quantitative estimate of drug-likeness (QED) is 0.670. The smallest absolute Gasteiger partial charge is 0.133 e. The SMILES string of the molecule is Cc1ccc(F)c(-c2nc3ccc(N)cc3s2)c1. The Labute approximate surface area is 108 Å². The zero-order valence-electron chi connectivity index (χ0n) is 9.77. The van der Waals surface area contributed by atoms with E-state index in [1.165, 1.54) is 17.4 Å². The van der Waals surface area contributed by atoms with E-state index in [1.54, 1.807) is 12.1 Å². The van der Waals surface area contributed by atoms with Crippen molar-refractivity contribution in [3.63, 3.8) is 0 Å². The summed E-state index contributed by atoms with van der Waals surface area (Å²) in [5.74, 6) is -0.243. The number of anilines is 1. The average Bonchev–Trinajstić information content (AvgIpc) is 2.74. The molecule has 0 aliphatic rings. The van der Waals surface area contributed by atoms with Gasteiger partial charge in [-0.2, -0.15) is 0 Å². The van der Waals surface area contributed by atoms with Crippen molar-refractivity contribution in [2.45, 2.75) is 6.92 Å². The maximum absolute atomic E-state index is 13.8. The molecule has 1 aromatic heterocycles. The Bertz CT molecular complexity index is 734. The molecule has 18 heavy (non-hydrogen) atoms. The Kier molecular flexibility index (Phi) is 2.52. The minimum absolute atomic E-state index is 0.243. The van der Waals surface area contributed by atoms with Gasteiger partial charge in [0.15, 0.2) is 0 Å². The summed E-state index contributed by atoms with van der Waals surface area (Å²) >= 11 is 1.46. The molecule has 0 saturated carbocycles. The molecular formula is C14H11FN2S. The van der Waals surface area contributed by atoms with Gasteiger partial charge in [-0.3, -0.25) is 0 Å². The standard InChI is InChI=1S/C14H11FN2S/c1-8-2-4-11(15)10(6-8)14-17-12-5-3-9(16)7-13(12)18-14/h2-7H,16H2,1H3. The Hall–Kier alpha value is -1.94. The Balaban J connectivity index is 2.22. The topological polar surface area (TPSA) is 38.9 Å². The predicted molar refractivity (Wildman–Crippen MR) is 74.2 cm³/mol. The third-order valence-corrected chi connectivity index (χ3v) is 3.82. The van der Waals surface area contributed by atoms with Crippen molar-refractivity contribution in [2.75, 3.05) is 5.73 Å². The molecule has 0 aliphatic carbocycles. The molecule has 0 atom stereocenters. The lowest BCUT2D eigenvalue weighted by Gasteiger charge is -1.99. The number of nitrogens with two attached hydrogens (primary N) is 1. The van der Waals surface area contributed by atoms with E-state index in [0.717, 1.165) is 15.8 Å². The van der Waals surface area contributed by atoms with Crippen molar-refractivity contribution in [3.8, 4) is 10.6 Å². The molecule has 0 spiro atoms. The number of benzene rings is 2. The van der Waals surface area contributed by atoms with Crippen molar-refractivity contribution >= 4 is 27.2 Å². The number of hydrogen-bond donors (Lipinski definition) is 1. The number of nitrogen functional groups attached to an aromatic ring is 1. The molecule has 4 heteroatoms. The van der Waals surface area contributed by atoms with Crippen LogP contribution in [0, 0.1) is 12.7 Å². The van der Waals surface area contributed by atoms with Gasteiger partial charge in [-0.25, -0.2) is 9.37 Å². The van der Waals surface area contributed by atoms with Crippen LogP contribution in [-0.4, -0.2) is 4.98 Å². The summed E-state index contributed by atoms with van der Waals surface area (Å²) in [6.07, 6.45) is 0. The van der Waals surface area contributed by atoms with Gasteiger partial charge < -0.3 is 5.73 Å². The highest BCUT2D eigenvalue weighted by Gasteiger charge is 2.11. The molecule has 2 nitrogen and oxygen atoms in total. The van der Waals surface area contributed by atoms with Crippen LogP contribution in [0.3, 0.4) is 0 Å². The number of halogens is 1. The summed E-state index contributed by atoms with van der Waals surface area (Å²) in [5, 5.41) is 0.691. The highest BCUT2D eigenvalue weighted by molar-refractivity contribution is 7.21. The monoisotopic (exact) mass is 258 g/mol. The number of fused-ring (bicyclic) bond motifs is 1. The van der Waals surface area contributed by atoms with Gasteiger partial charge in [0.2, 0.25) is 0 Å². The molecule has 3 rings (SSSR count). The van der Waals surface area contributed by atoms with E-state index in [0.29, 0.717) is 16.3 Å². The second-order valence-corrected chi connectivity index (χ2v) is 5.26. The zero-order chi connectivity index (χ0) is 12.7. The second kappa shape index (κ2) is 4.07. The highest BCUT2D eigenvalue weighted by Crippen LogP contribution is 2.32. The summed E-state index contributed by atoms with van der Waals surface area (Å²) in [5.41, 5.74) is 8.85. The van der Waals surface area contributed by atoms with Crippen LogP contribution in [0.2, 0.25) is 0 Å². The summed E-state index contributed by atoms with van der Waals surface area (Å²) in [6, 6.07) is 10.6. The maximum atomic E-state index is 13.8. The third-order valence-electron chi connectivity index (χ3n) is 2.76. The van der Waals surface area contributed by atoms with E-state index in [9.17, 15) is 4.39 Å². The molecule has 1 heterocycles. The molecular weight excluding hydrogens is 247 g/mol. The third kappa shape index (κ3) is 1.84. The highest BCUT2D eigenvalue weighted by atomic mass is 32.1. The molecule has 0 aliphatic heterocycles. The van der Waals surface area contributed by atoms with Gasteiger partial charge in [0, 0.05) is 11.3 Å². The molecule has 3 aromatic rings. The van der Waals surface area contributed by atoms with Gasteiger partial charge in [-0.15, -0.1) is 11.3 Å². The Morgan fingerprint density at radius 2 is 2.00 bits per heavy atom. The van der Waals surface area contributed by atoms with Gasteiger partial charge in [0.25, 0.3) is 0 Å². The normalized spacial score (nSPS) is 11.0. The summed E-state index contributed by atoms with van der Waals surface area (Å²) in [7, 11) is 0. The molecule has 0 amide bonds. The predicted octanol–water partition coefficient (Wildman–Crippen LogP) is 3.99. The molecule has 2 aromatic carbocycles. The van der Waals surface area contributed by atoms with Gasteiger partial charge in [-0.1, -0.05) is 11.6 Å². The first-order valence-electron chi connectivity index (χ1n) is 5.56. The van der Waals surface area contributed by atoms with Gasteiger partial charge >= 0.3 is 0 Å². The number of nitrogens with zero attached hydrogens (tertiary/aromatic N) is 1. The van der Waals surface area contributed by atoms with E-state index in [-0.39, 0.29) is 5.82 Å². The van der Waals surface area contributed by atoms with Crippen LogP contribution in [-0.2, 0) is 0 Å². The minimum Gasteiger partial charge on any atom is -0.399 e. The van der Waals surface area contributed by atoms with Crippen molar-refractivity contribution < 1.29 is 4.39 Å². The first-order chi connectivity index (χ1) is 8.63. The van der Waals surface area contributed by atoms with E-state index >= 15 is 0 Å². The fourth-order valence-electron chi connectivity index (χ4n) is 1.86. The molecule has 0 fully saturated rings. The molecule has 2 N–H and O–H groups in total. The minimum atomic E-state index is -0.243.